The quantitative estimate of drug-likeness (QED) is 0.428. The van der Waals surface area contributed by atoms with E-state index in [-0.39, 0.29) is 29.2 Å². The lowest BCUT2D eigenvalue weighted by Gasteiger charge is -2.15. The van der Waals surface area contributed by atoms with E-state index in [1.54, 1.807) is 24.3 Å². The Morgan fingerprint density at radius 3 is 2.09 bits per heavy atom. The van der Waals surface area contributed by atoms with Gasteiger partial charge in [-0.3, -0.25) is 19.3 Å². The minimum atomic E-state index is -0.662. The Kier molecular flexibility index (Phi) is 6.16. The second kappa shape index (κ2) is 9.18. The van der Waals surface area contributed by atoms with Crippen LogP contribution in [0.15, 0.2) is 60.7 Å². The lowest BCUT2D eigenvalue weighted by atomic mass is 9.85. The number of benzene rings is 2. The molecule has 2 aromatic rings. The van der Waals surface area contributed by atoms with E-state index in [0.717, 1.165) is 12.0 Å². The molecular weight excluding hydrogens is 408 g/mol. The number of carbonyl (C=O) groups is 4. The molecule has 1 saturated heterocycles. The van der Waals surface area contributed by atoms with Gasteiger partial charge in [0.25, 0.3) is 5.91 Å². The molecule has 0 aromatic heterocycles. The summed E-state index contributed by atoms with van der Waals surface area (Å²) in [4.78, 5) is 50.9. The van der Waals surface area contributed by atoms with Crippen molar-refractivity contribution in [1.82, 2.24) is 0 Å². The molecule has 1 aliphatic carbocycles. The SMILES string of the molecule is CCc1ccc(NC(=O)COC(=O)c2ccc(N3C(=O)[C@@H]4CC=CC[C@H]4C3=O)cc2)cc1. The average Bonchev–Trinajstić information content (AvgIpc) is 3.08. The highest BCUT2D eigenvalue weighted by molar-refractivity contribution is 6.22. The molecule has 1 N–H and O–H groups in total. The number of anilines is 2. The molecule has 3 amide bonds. The molecule has 2 aliphatic rings. The number of rotatable bonds is 6. The molecule has 7 heteroatoms. The van der Waals surface area contributed by atoms with Gasteiger partial charge in [0.1, 0.15) is 0 Å². The van der Waals surface area contributed by atoms with Crippen LogP contribution in [0.5, 0.6) is 0 Å². The van der Waals surface area contributed by atoms with Gasteiger partial charge in [0.05, 0.1) is 23.1 Å². The number of aryl methyl sites for hydroxylation is 1. The van der Waals surface area contributed by atoms with Crippen LogP contribution in [-0.4, -0.2) is 30.3 Å². The Morgan fingerprint density at radius 2 is 1.53 bits per heavy atom. The van der Waals surface area contributed by atoms with Crippen molar-refractivity contribution >= 4 is 35.1 Å². The van der Waals surface area contributed by atoms with Gasteiger partial charge in [-0.25, -0.2) is 4.79 Å². The summed E-state index contributed by atoms with van der Waals surface area (Å²) in [5.74, 6) is -2.14. The zero-order chi connectivity index (χ0) is 22.7. The second-order valence-electron chi connectivity index (χ2n) is 7.89. The van der Waals surface area contributed by atoms with Crippen LogP contribution in [0.25, 0.3) is 0 Å². The van der Waals surface area contributed by atoms with E-state index in [9.17, 15) is 19.2 Å². The molecule has 0 unspecified atom stereocenters. The molecule has 1 heterocycles. The molecule has 4 rings (SSSR count). The van der Waals surface area contributed by atoms with Gasteiger partial charge in [-0.05, 0) is 61.2 Å². The van der Waals surface area contributed by atoms with Crippen LogP contribution in [0.4, 0.5) is 11.4 Å². The van der Waals surface area contributed by atoms with Crippen LogP contribution in [-0.2, 0) is 25.5 Å². The van der Waals surface area contributed by atoms with E-state index in [0.29, 0.717) is 24.2 Å². The monoisotopic (exact) mass is 432 g/mol. The molecule has 7 nitrogen and oxygen atoms in total. The summed E-state index contributed by atoms with van der Waals surface area (Å²) < 4.78 is 5.09. The van der Waals surface area contributed by atoms with Crippen LogP contribution >= 0.6 is 0 Å². The molecule has 0 bridgehead atoms. The van der Waals surface area contributed by atoms with Crippen molar-refractivity contribution in [3.05, 3.63) is 71.8 Å². The molecule has 0 saturated carbocycles. The molecule has 32 heavy (non-hydrogen) atoms. The van der Waals surface area contributed by atoms with E-state index in [4.69, 9.17) is 4.74 Å². The van der Waals surface area contributed by atoms with E-state index in [2.05, 4.69) is 5.32 Å². The van der Waals surface area contributed by atoms with Crippen molar-refractivity contribution in [3.63, 3.8) is 0 Å². The number of amides is 3. The number of nitrogens with one attached hydrogen (secondary N) is 1. The van der Waals surface area contributed by atoms with Crippen LogP contribution in [0, 0.1) is 11.8 Å². The number of imide groups is 1. The first-order chi connectivity index (χ1) is 15.5. The zero-order valence-electron chi connectivity index (χ0n) is 17.7. The van der Waals surface area contributed by atoms with Gasteiger partial charge in [0, 0.05) is 5.69 Å². The summed E-state index contributed by atoms with van der Waals surface area (Å²) >= 11 is 0. The van der Waals surface area contributed by atoms with Gasteiger partial charge in [0.15, 0.2) is 6.61 Å². The molecule has 1 aliphatic heterocycles. The minimum Gasteiger partial charge on any atom is -0.452 e. The van der Waals surface area contributed by atoms with E-state index < -0.39 is 18.5 Å². The van der Waals surface area contributed by atoms with Crippen molar-refractivity contribution in [2.45, 2.75) is 26.2 Å². The van der Waals surface area contributed by atoms with Crippen molar-refractivity contribution in [1.29, 1.82) is 0 Å². The van der Waals surface area contributed by atoms with Crippen LogP contribution in [0.2, 0.25) is 0 Å². The number of hydrogen-bond donors (Lipinski definition) is 1. The molecule has 2 atom stereocenters. The smallest absolute Gasteiger partial charge is 0.338 e. The van der Waals surface area contributed by atoms with Gasteiger partial charge in [0.2, 0.25) is 11.8 Å². The Labute approximate surface area is 186 Å². The molecular formula is C25H24N2O5. The molecule has 2 aromatic carbocycles. The average molecular weight is 432 g/mol. The van der Waals surface area contributed by atoms with Crippen LogP contribution in [0.3, 0.4) is 0 Å². The fraction of sp³-hybridized carbons (Fsp3) is 0.280. The van der Waals surface area contributed by atoms with Gasteiger partial charge < -0.3 is 10.1 Å². The number of carbonyl (C=O) groups excluding carboxylic acids is 4. The topological polar surface area (TPSA) is 92.8 Å². The number of hydrogen-bond acceptors (Lipinski definition) is 5. The summed E-state index contributed by atoms with van der Waals surface area (Å²) in [6.45, 7) is 1.62. The van der Waals surface area contributed by atoms with Crippen LogP contribution < -0.4 is 10.2 Å². The maximum Gasteiger partial charge on any atom is 0.338 e. The molecule has 1 fully saturated rings. The van der Waals surface area contributed by atoms with Crippen molar-refractivity contribution < 1.29 is 23.9 Å². The van der Waals surface area contributed by atoms with Crippen molar-refractivity contribution in [2.24, 2.45) is 11.8 Å². The van der Waals surface area contributed by atoms with E-state index in [1.807, 2.05) is 31.2 Å². The zero-order valence-corrected chi connectivity index (χ0v) is 17.7. The Balaban J connectivity index is 1.33. The summed E-state index contributed by atoms with van der Waals surface area (Å²) in [5.41, 5.74) is 2.44. The molecule has 0 radical (unpaired) electrons. The first kappa shape index (κ1) is 21.5. The number of allylic oxidation sites excluding steroid dienone is 2. The van der Waals surface area contributed by atoms with Gasteiger partial charge >= 0.3 is 5.97 Å². The first-order valence-corrected chi connectivity index (χ1v) is 10.7. The third kappa shape index (κ3) is 4.32. The Morgan fingerprint density at radius 1 is 0.938 bits per heavy atom. The fourth-order valence-corrected chi connectivity index (χ4v) is 4.04. The third-order valence-electron chi connectivity index (χ3n) is 5.85. The van der Waals surface area contributed by atoms with Crippen molar-refractivity contribution in [2.75, 3.05) is 16.8 Å². The van der Waals surface area contributed by atoms with E-state index >= 15 is 0 Å². The Bertz CT molecular complexity index is 1050. The van der Waals surface area contributed by atoms with Gasteiger partial charge in [-0.2, -0.15) is 0 Å². The molecule has 164 valence electrons. The highest BCUT2D eigenvalue weighted by Crippen LogP contribution is 2.37. The summed E-state index contributed by atoms with van der Waals surface area (Å²) in [6, 6.07) is 13.5. The maximum atomic E-state index is 12.7. The largest absolute Gasteiger partial charge is 0.452 e. The third-order valence-corrected chi connectivity index (χ3v) is 5.85. The van der Waals surface area contributed by atoms with Crippen LogP contribution in [0.1, 0.15) is 35.7 Å². The highest BCUT2D eigenvalue weighted by atomic mass is 16.5. The first-order valence-electron chi connectivity index (χ1n) is 10.7. The number of nitrogens with zero attached hydrogens (tertiary/aromatic N) is 1. The highest BCUT2D eigenvalue weighted by Gasteiger charge is 2.47. The van der Waals surface area contributed by atoms with Gasteiger partial charge in [-0.1, -0.05) is 31.2 Å². The fourth-order valence-electron chi connectivity index (χ4n) is 4.04. The molecule has 0 spiro atoms. The predicted molar refractivity (Wildman–Crippen MR) is 119 cm³/mol. The lowest BCUT2D eigenvalue weighted by Crippen LogP contribution is -2.30. The number of fused-ring (bicyclic) bond motifs is 1. The van der Waals surface area contributed by atoms with E-state index in [1.165, 1.54) is 17.0 Å². The minimum absolute atomic E-state index is 0.205. The number of ether oxygens (including phenoxy) is 1. The van der Waals surface area contributed by atoms with Crippen molar-refractivity contribution in [3.8, 4) is 0 Å². The normalized spacial score (nSPS) is 19.6. The van der Waals surface area contributed by atoms with Gasteiger partial charge in [-0.15, -0.1) is 0 Å². The second-order valence-corrected chi connectivity index (χ2v) is 7.89. The summed E-state index contributed by atoms with van der Waals surface area (Å²) in [7, 11) is 0. The Hall–Kier alpha value is -3.74. The summed E-state index contributed by atoms with van der Waals surface area (Å²) in [6.07, 6.45) is 5.92. The summed E-state index contributed by atoms with van der Waals surface area (Å²) in [5, 5.41) is 2.68. The number of esters is 1. The predicted octanol–water partition coefficient (Wildman–Crippen LogP) is 3.50. The lowest BCUT2D eigenvalue weighted by molar-refractivity contribution is -0.122. The standard InChI is InChI=1S/C25H24N2O5/c1-2-16-7-11-18(12-8-16)26-22(28)15-32-25(31)17-9-13-19(14-10-17)27-23(29)20-5-3-4-6-21(20)24(27)30/h3-4,7-14,20-21H,2,5-6,15H2,1H3,(H,26,28)/t20-,21-/m1/s1. The maximum absolute atomic E-state index is 12.7.